The maximum atomic E-state index is 12.6. The predicted molar refractivity (Wildman–Crippen MR) is 83.0 cm³/mol. The monoisotopic (exact) mass is 316 g/mol. The van der Waals surface area contributed by atoms with Gasteiger partial charge in [-0.3, -0.25) is 9.78 Å². The molecule has 0 aromatic carbocycles. The van der Waals surface area contributed by atoms with Crippen LogP contribution in [0.3, 0.4) is 0 Å². The molecule has 6 nitrogen and oxygen atoms in total. The fraction of sp³-hybridized carbons (Fsp3) is 0.333. The Hall–Kier alpha value is -2.15. The summed E-state index contributed by atoms with van der Waals surface area (Å²) in [4.78, 5) is 26.7. The van der Waals surface area contributed by atoms with E-state index in [0.717, 1.165) is 11.4 Å². The van der Waals surface area contributed by atoms with Crippen molar-refractivity contribution in [1.82, 2.24) is 19.9 Å². The van der Waals surface area contributed by atoms with Crippen LogP contribution in [0.25, 0.3) is 0 Å². The first-order valence-corrected chi connectivity index (χ1v) is 8.21. The van der Waals surface area contributed by atoms with Gasteiger partial charge in [0.25, 0.3) is 5.91 Å². The zero-order valence-electron chi connectivity index (χ0n) is 12.2. The van der Waals surface area contributed by atoms with Crippen LogP contribution in [-0.4, -0.2) is 51.2 Å². The third kappa shape index (κ3) is 3.19. The highest BCUT2D eigenvalue weighted by atomic mass is 32.2. The standard InChI is InChI=1S/C15H16N4O2S/c1-22-14-12(3-2-5-18-14)15(20)19-8-4-11(10-19)21-13-9-16-6-7-17-13/h2-3,5-7,9,11H,4,8,10H2,1H3. The molecule has 22 heavy (non-hydrogen) atoms. The van der Waals surface area contributed by atoms with E-state index in [9.17, 15) is 4.79 Å². The normalized spacial score (nSPS) is 17.5. The number of carbonyl (C=O) groups is 1. The number of amides is 1. The third-order valence-electron chi connectivity index (χ3n) is 3.45. The van der Waals surface area contributed by atoms with E-state index in [0.29, 0.717) is 24.5 Å². The molecule has 2 aromatic heterocycles. The van der Waals surface area contributed by atoms with Gasteiger partial charge in [0.15, 0.2) is 0 Å². The van der Waals surface area contributed by atoms with Gasteiger partial charge in [0.2, 0.25) is 5.88 Å². The van der Waals surface area contributed by atoms with Crippen LogP contribution in [-0.2, 0) is 0 Å². The average Bonchev–Trinajstić information content (AvgIpc) is 3.03. The maximum Gasteiger partial charge on any atom is 0.256 e. The summed E-state index contributed by atoms with van der Waals surface area (Å²) in [6.45, 7) is 1.23. The molecule has 1 unspecified atom stereocenters. The van der Waals surface area contributed by atoms with Crippen molar-refractivity contribution in [3.8, 4) is 5.88 Å². The Morgan fingerprint density at radius 1 is 1.36 bits per heavy atom. The molecule has 1 amide bonds. The molecular formula is C15H16N4O2S. The summed E-state index contributed by atoms with van der Waals surface area (Å²) in [5.74, 6) is 0.496. The summed E-state index contributed by atoms with van der Waals surface area (Å²) in [7, 11) is 0. The molecule has 114 valence electrons. The van der Waals surface area contributed by atoms with Crippen molar-refractivity contribution in [1.29, 1.82) is 0 Å². The third-order valence-corrected chi connectivity index (χ3v) is 4.17. The number of aromatic nitrogens is 3. The molecule has 0 radical (unpaired) electrons. The van der Waals surface area contributed by atoms with Crippen molar-refractivity contribution in [2.75, 3.05) is 19.3 Å². The molecule has 1 aliphatic heterocycles. The van der Waals surface area contributed by atoms with E-state index in [1.165, 1.54) is 11.8 Å². The first-order valence-electron chi connectivity index (χ1n) is 6.99. The second-order valence-electron chi connectivity index (χ2n) is 4.88. The van der Waals surface area contributed by atoms with Crippen molar-refractivity contribution in [2.45, 2.75) is 17.6 Å². The van der Waals surface area contributed by atoms with Crippen LogP contribution in [0.15, 0.2) is 41.9 Å². The van der Waals surface area contributed by atoms with Gasteiger partial charge in [0.05, 0.1) is 18.3 Å². The molecule has 3 heterocycles. The van der Waals surface area contributed by atoms with Gasteiger partial charge in [-0.2, -0.15) is 0 Å². The van der Waals surface area contributed by atoms with Crippen LogP contribution < -0.4 is 4.74 Å². The van der Waals surface area contributed by atoms with Gasteiger partial charge in [0.1, 0.15) is 11.1 Å². The summed E-state index contributed by atoms with van der Waals surface area (Å²) in [6, 6.07) is 3.61. The lowest BCUT2D eigenvalue weighted by atomic mass is 10.2. The molecule has 2 aromatic rings. The lowest BCUT2D eigenvalue weighted by molar-refractivity contribution is 0.0767. The van der Waals surface area contributed by atoms with Crippen LogP contribution in [0.5, 0.6) is 5.88 Å². The van der Waals surface area contributed by atoms with Gasteiger partial charge in [-0.05, 0) is 18.4 Å². The minimum Gasteiger partial charge on any atom is -0.471 e. The molecule has 0 aliphatic carbocycles. The Balaban J connectivity index is 1.66. The Morgan fingerprint density at radius 3 is 3.05 bits per heavy atom. The van der Waals surface area contributed by atoms with E-state index in [1.54, 1.807) is 35.8 Å². The Bertz CT molecular complexity index is 653. The largest absolute Gasteiger partial charge is 0.471 e. The highest BCUT2D eigenvalue weighted by molar-refractivity contribution is 7.98. The van der Waals surface area contributed by atoms with E-state index >= 15 is 0 Å². The van der Waals surface area contributed by atoms with Crippen molar-refractivity contribution in [3.63, 3.8) is 0 Å². The quantitative estimate of drug-likeness (QED) is 0.802. The molecule has 3 rings (SSSR count). The summed E-state index contributed by atoms with van der Waals surface area (Å²) in [5, 5.41) is 0.755. The van der Waals surface area contributed by atoms with Gasteiger partial charge < -0.3 is 9.64 Å². The molecule has 1 aliphatic rings. The number of likely N-dealkylation sites (tertiary alicyclic amines) is 1. The Labute approximate surface area is 132 Å². The number of pyridine rings is 1. The summed E-state index contributed by atoms with van der Waals surface area (Å²) < 4.78 is 5.76. The lowest BCUT2D eigenvalue weighted by Crippen LogP contribution is -2.31. The van der Waals surface area contributed by atoms with E-state index in [1.807, 2.05) is 12.3 Å². The number of rotatable bonds is 4. The second kappa shape index (κ2) is 6.74. The predicted octanol–water partition coefficient (Wildman–Crippen LogP) is 1.89. The van der Waals surface area contributed by atoms with Crippen molar-refractivity contribution in [2.24, 2.45) is 0 Å². The van der Waals surface area contributed by atoms with Crippen LogP contribution in [0.1, 0.15) is 16.8 Å². The van der Waals surface area contributed by atoms with Crippen molar-refractivity contribution < 1.29 is 9.53 Å². The van der Waals surface area contributed by atoms with Crippen LogP contribution in [0.4, 0.5) is 0 Å². The number of ether oxygens (including phenoxy) is 1. The van der Waals surface area contributed by atoms with Gasteiger partial charge in [0, 0.05) is 31.6 Å². The maximum absolute atomic E-state index is 12.6. The van der Waals surface area contributed by atoms with E-state index in [2.05, 4.69) is 15.0 Å². The minimum absolute atomic E-state index is 0.00250. The molecule has 0 N–H and O–H groups in total. The minimum atomic E-state index is -0.0462. The zero-order valence-corrected chi connectivity index (χ0v) is 13.0. The molecule has 0 saturated carbocycles. The van der Waals surface area contributed by atoms with E-state index in [4.69, 9.17) is 4.74 Å². The van der Waals surface area contributed by atoms with Crippen LogP contribution in [0, 0.1) is 0 Å². The van der Waals surface area contributed by atoms with Crippen molar-refractivity contribution in [3.05, 3.63) is 42.5 Å². The number of nitrogens with zero attached hydrogens (tertiary/aromatic N) is 4. The summed E-state index contributed by atoms with van der Waals surface area (Å²) in [5.41, 5.74) is 0.648. The zero-order chi connectivity index (χ0) is 15.4. The van der Waals surface area contributed by atoms with Crippen molar-refractivity contribution >= 4 is 17.7 Å². The Kier molecular flexibility index (Phi) is 4.53. The number of hydrogen-bond acceptors (Lipinski definition) is 6. The molecular weight excluding hydrogens is 300 g/mol. The number of thioether (sulfide) groups is 1. The van der Waals surface area contributed by atoms with E-state index in [-0.39, 0.29) is 12.0 Å². The highest BCUT2D eigenvalue weighted by Crippen LogP contribution is 2.22. The van der Waals surface area contributed by atoms with E-state index < -0.39 is 0 Å². The number of hydrogen-bond donors (Lipinski definition) is 0. The molecule has 7 heteroatoms. The van der Waals surface area contributed by atoms with Crippen LogP contribution in [0.2, 0.25) is 0 Å². The fourth-order valence-electron chi connectivity index (χ4n) is 2.41. The average molecular weight is 316 g/mol. The molecule has 0 bridgehead atoms. The molecule has 1 fully saturated rings. The summed E-state index contributed by atoms with van der Waals surface area (Å²) in [6.07, 6.45) is 9.14. The lowest BCUT2D eigenvalue weighted by Gasteiger charge is -2.17. The fourth-order valence-corrected chi connectivity index (χ4v) is 2.95. The SMILES string of the molecule is CSc1ncccc1C(=O)N1CCC(Oc2cnccn2)C1. The molecule has 0 spiro atoms. The molecule has 1 saturated heterocycles. The Morgan fingerprint density at radius 2 is 2.27 bits per heavy atom. The first-order chi connectivity index (χ1) is 10.8. The second-order valence-corrected chi connectivity index (χ2v) is 5.68. The summed E-state index contributed by atoms with van der Waals surface area (Å²) >= 11 is 1.48. The van der Waals surface area contributed by atoms with Gasteiger partial charge in [-0.1, -0.05) is 0 Å². The number of carbonyl (C=O) groups excluding carboxylic acids is 1. The smallest absolute Gasteiger partial charge is 0.256 e. The van der Waals surface area contributed by atoms with Gasteiger partial charge in [-0.25, -0.2) is 9.97 Å². The van der Waals surface area contributed by atoms with Crippen LogP contribution >= 0.6 is 11.8 Å². The highest BCUT2D eigenvalue weighted by Gasteiger charge is 2.29. The topological polar surface area (TPSA) is 68.2 Å². The van der Waals surface area contributed by atoms with Gasteiger partial charge in [-0.15, -0.1) is 11.8 Å². The first kappa shape index (κ1) is 14.8. The van der Waals surface area contributed by atoms with Gasteiger partial charge >= 0.3 is 0 Å². The molecule has 1 atom stereocenters.